The van der Waals surface area contributed by atoms with Crippen molar-refractivity contribution in [2.24, 2.45) is 17.8 Å². The van der Waals surface area contributed by atoms with E-state index in [0.29, 0.717) is 18.9 Å². The van der Waals surface area contributed by atoms with Gasteiger partial charge in [0.05, 0.1) is 11.8 Å². The third-order valence-electron chi connectivity index (χ3n) is 3.93. The molecule has 0 heterocycles. The quantitative estimate of drug-likeness (QED) is 0.698. The SMILES string of the molecule is CC(C)CCCCNC(=O)C1CCCCC1C(=O)O. The lowest BCUT2D eigenvalue weighted by Crippen LogP contribution is -2.40. The Morgan fingerprint density at radius 1 is 1.16 bits per heavy atom. The fraction of sp³-hybridized carbons (Fsp3) is 0.867. The Hall–Kier alpha value is -1.06. The Kier molecular flexibility index (Phi) is 6.89. The molecule has 0 aromatic carbocycles. The van der Waals surface area contributed by atoms with Crippen LogP contribution < -0.4 is 5.32 Å². The van der Waals surface area contributed by atoms with Crippen molar-refractivity contribution in [1.82, 2.24) is 5.32 Å². The van der Waals surface area contributed by atoms with Gasteiger partial charge in [-0.3, -0.25) is 9.59 Å². The largest absolute Gasteiger partial charge is 0.481 e. The molecular formula is C15H27NO3. The van der Waals surface area contributed by atoms with Crippen molar-refractivity contribution in [3.05, 3.63) is 0 Å². The number of aliphatic carboxylic acids is 1. The number of amides is 1. The average Bonchev–Trinajstić information content (AvgIpc) is 2.37. The Balaban J connectivity index is 2.29. The predicted molar refractivity (Wildman–Crippen MR) is 74.8 cm³/mol. The summed E-state index contributed by atoms with van der Waals surface area (Å²) in [7, 11) is 0. The molecule has 0 bridgehead atoms. The van der Waals surface area contributed by atoms with Crippen LogP contribution in [0.4, 0.5) is 0 Å². The molecule has 1 saturated carbocycles. The Morgan fingerprint density at radius 3 is 2.37 bits per heavy atom. The minimum absolute atomic E-state index is 0.0587. The zero-order valence-corrected chi connectivity index (χ0v) is 12.2. The van der Waals surface area contributed by atoms with Gasteiger partial charge in [0.15, 0.2) is 0 Å². The molecule has 0 aromatic heterocycles. The van der Waals surface area contributed by atoms with Crippen molar-refractivity contribution < 1.29 is 14.7 Å². The minimum Gasteiger partial charge on any atom is -0.481 e. The number of carbonyl (C=O) groups excluding carboxylic acids is 1. The van der Waals surface area contributed by atoms with Crippen molar-refractivity contribution in [1.29, 1.82) is 0 Å². The molecule has 1 rings (SSSR count). The summed E-state index contributed by atoms with van der Waals surface area (Å²) in [5, 5.41) is 12.1. The van der Waals surface area contributed by atoms with Crippen molar-refractivity contribution >= 4 is 11.9 Å². The summed E-state index contributed by atoms with van der Waals surface area (Å²) in [6, 6.07) is 0. The van der Waals surface area contributed by atoms with E-state index in [1.54, 1.807) is 0 Å². The highest BCUT2D eigenvalue weighted by Crippen LogP contribution is 2.30. The zero-order chi connectivity index (χ0) is 14.3. The lowest BCUT2D eigenvalue weighted by molar-refractivity contribution is -0.148. The standard InChI is InChI=1S/C15H27NO3/c1-11(2)7-5-6-10-16-14(17)12-8-3-4-9-13(12)15(18)19/h11-13H,3-10H2,1-2H3,(H,16,17)(H,18,19). The molecule has 2 unspecified atom stereocenters. The topological polar surface area (TPSA) is 66.4 Å². The molecule has 0 aromatic rings. The summed E-state index contributed by atoms with van der Waals surface area (Å²) in [6.07, 6.45) is 6.52. The van der Waals surface area contributed by atoms with Gasteiger partial charge in [0.25, 0.3) is 0 Å². The summed E-state index contributed by atoms with van der Waals surface area (Å²) in [6.45, 7) is 5.06. The molecule has 19 heavy (non-hydrogen) atoms. The average molecular weight is 269 g/mol. The van der Waals surface area contributed by atoms with Crippen LogP contribution in [0.2, 0.25) is 0 Å². The fourth-order valence-electron chi connectivity index (χ4n) is 2.76. The molecule has 0 aliphatic heterocycles. The molecule has 110 valence electrons. The second kappa shape index (κ2) is 8.18. The van der Waals surface area contributed by atoms with Gasteiger partial charge < -0.3 is 10.4 Å². The third-order valence-corrected chi connectivity index (χ3v) is 3.93. The first-order valence-electron chi connectivity index (χ1n) is 7.53. The van der Waals surface area contributed by atoms with Gasteiger partial charge in [0.2, 0.25) is 5.91 Å². The highest BCUT2D eigenvalue weighted by molar-refractivity contribution is 5.84. The summed E-state index contributed by atoms with van der Waals surface area (Å²) in [5.74, 6) is -0.984. The summed E-state index contributed by atoms with van der Waals surface area (Å²) < 4.78 is 0. The van der Waals surface area contributed by atoms with E-state index in [1.807, 2.05) is 0 Å². The van der Waals surface area contributed by atoms with Crippen LogP contribution in [-0.2, 0) is 9.59 Å². The van der Waals surface area contributed by atoms with Crippen LogP contribution in [0.1, 0.15) is 58.8 Å². The maximum absolute atomic E-state index is 12.0. The van der Waals surface area contributed by atoms with E-state index in [1.165, 1.54) is 6.42 Å². The van der Waals surface area contributed by atoms with Gasteiger partial charge in [-0.1, -0.05) is 39.5 Å². The first kappa shape index (κ1) is 16.0. The third kappa shape index (κ3) is 5.62. The normalized spacial score (nSPS) is 23.3. The molecule has 2 atom stereocenters. The van der Waals surface area contributed by atoms with Crippen molar-refractivity contribution in [3.63, 3.8) is 0 Å². The van der Waals surface area contributed by atoms with Crippen LogP contribution >= 0.6 is 0 Å². The monoisotopic (exact) mass is 269 g/mol. The number of carboxylic acids is 1. The molecule has 4 heteroatoms. The van der Waals surface area contributed by atoms with Crippen molar-refractivity contribution in [2.45, 2.75) is 58.8 Å². The fourth-order valence-corrected chi connectivity index (χ4v) is 2.76. The second-order valence-corrected chi connectivity index (χ2v) is 6.02. The zero-order valence-electron chi connectivity index (χ0n) is 12.2. The van der Waals surface area contributed by atoms with Gasteiger partial charge >= 0.3 is 5.97 Å². The Bertz CT molecular complexity index is 302. The second-order valence-electron chi connectivity index (χ2n) is 6.02. The van der Waals surface area contributed by atoms with E-state index in [0.717, 1.165) is 32.1 Å². The Labute approximate surface area is 116 Å². The van der Waals surface area contributed by atoms with Crippen molar-refractivity contribution in [2.75, 3.05) is 6.54 Å². The summed E-state index contributed by atoms with van der Waals surface area (Å²) in [5.41, 5.74) is 0. The Morgan fingerprint density at radius 2 is 1.79 bits per heavy atom. The van der Waals surface area contributed by atoms with Crippen LogP contribution in [-0.4, -0.2) is 23.5 Å². The molecule has 2 N–H and O–H groups in total. The van der Waals surface area contributed by atoms with E-state index >= 15 is 0 Å². The number of hydrogen-bond donors (Lipinski definition) is 2. The number of unbranched alkanes of at least 4 members (excludes halogenated alkanes) is 1. The number of nitrogens with one attached hydrogen (secondary N) is 1. The van der Waals surface area contributed by atoms with Crippen LogP contribution in [0.3, 0.4) is 0 Å². The van der Waals surface area contributed by atoms with Crippen LogP contribution in [0.5, 0.6) is 0 Å². The highest BCUT2D eigenvalue weighted by atomic mass is 16.4. The lowest BCUT2D eigenvalue weighted by atomic mass is 9.78. The molecule has 0 saturated heterocycles. The summed E-state index contributed by atoms with van der Waals surface area (Å²) in [4.78, 5) is 23.2. The maximum atomic E-state index is 12.0. The summed E-state index contributed by atoms with van der Waals surface area (Å²) >= 11 is 0. The van der Waals surface area contributed by atoms with Gasteiger partial charge in [-0.05, 0) is 25.2 Å². The van der Waals surface area contributed by atoms with Gasteiger partial charge in [0.1, 0.15) is 0 Å². The van der Waals surface area contributed by atoms with E-state index < -0.39 is 11.9 Å². The van der Waals surface area contributed by atoms with E-state index in [9.17, 15) is 9.59 Å². The van der Waals surface area contributed by atoms with Gasteiger partial charge in [-0.25, -0.2) is 0 Å². The predicted octanol–water partition coefficient (Wildman–Crippen LogP) is 2.82. The lowest BCUT2D eigenvalue weighted by Gasteiger charge is -2.27. The van der Waals surface area contributed by atoms with Gasteiger partial charge in [-0.2, -0.15) is 0 Å². The first-order chi connectivity index (χ1) is 9.02. The molecule has 4 nitrogen and oxygen atoms in total. The number of rotatable bonds is 7. The van der Waals surface area contributed by atoms with E-state index in [4.69, 9.17) is 5.11 Å². The first-order valence-corrected chi connectivity index (χ1v) is 7.53. The van der Waals surface area contributed by atoms with E-state index in [-0.39, 0.29) is 11.8 Å². The van der Waals surface area contributed by atoms with Crippen LogP contribution in [0, 0.1) is 17.8 Å². The minimum atomic E-state index is -0.820. The van der Waals surface area contributed by atoms with Gasteiger partial charge in [-0.15, -0.1) is 0 Å². The molecule has 1 aliphatic rings. The molecule has 0 radical (unpaired) electrons. The number of hydrogen-bond acceptors (Lipinski definition) is 2. The molecular weight excluding hydrogens is 242 g/mol. The van der Waals surface area contributed by atoms with E-state index in [2.05, 4.69) is 19.2 Å². The van der Waals surface area contributed by atoms with Crippen molar-refractivity contribution in [3.8, 4) is 0 Å². The van der Waals surface area contributed by atoms with Gasteiger partial charge in [0, 0.05) is 6.54 Å². The van der Waals surface area contributed by atoms with Crippen LogP contribution in [0.15, 0.2) is 0 Å². The highest BCUT2D eigenvalue weighted by Gasteiger charge is 2.35. The number of carboxylic acid groups (broad SMARTS) is 1. The van der Waals surface area contributed by atoms with Crippen LogP contribution in [0.25, 0.3) is 0 Å². The molecule has 1 amide bonds. The number of carbonyl (C=O) groups is 2. The molecule has 1 aliphatic carbocycles. The molecule has 1 fully saturated rings. The maximum Gasteiger partial charge on any atom is 0.307 e. The molecule has 0 spiro atoms. The smallest absolute Gasteiger partial charge is 0.307 e.